The zero-order chi connectivity index (χ0) is 13.1. The fourth-order valence-electron chi connectivity index (χ4n) is 1.96. The highest BCUT2D eigenvalue weighted by atomic mass is 35.5. The maximum absolute atomic E-state index is 13.1. The summed E-state index contributed by atoms with van der Waals surface area (Å²) < 4.78 is 13.1. The van der Waals surface area contributed by atoms with E-state index in [1.54, 1.807) is 6.07 Å². The number of halogens is 2. The summed E-state index contributed by atoms with van der Waals surface area (Å²) in [7, 11) is 0. The maximum Gasteiger partial charge on any atom is 0.123 e. The van der Waals surface area contributed by atoms with Gasteiger partial charge in [0.2, 0.25) is 0 Å². The summed E-state index contributed by atoms with van der Waals surface area (Å²) in [4.78, 5) is 0. The van der Waals surface area contributed by atoms with E-state index in [1.165, 1.54) is 28.8 Å². The van der Waals surface area contributed by atoms with E-state index in [-0.39, 0.29) is 11.2 Å². The lowest BCUT2D eigenvalue weighted by Gasteiger charge is -2.11. The predicted octanol–water partition coefficient (Wildman–Crippen LogP) is 4.97. The van der Waals surface area contributed by atoms with Crippen LogP contribution in [0.1, 0.15) is 27.6 Å². The second-order valence-electron chi connectivity index (χ2n) is 4.65. The van der Waals surface area contributed by atoms with Crippen LogP contribution in [0.5, 0.6) is 0 Å². The highest BCUT2D eigenvalue weighted by molar-refractivity contribution is 6.20. The zero-order valence-electron chi connectivity index (χ0n) is 10.6. The molecule has 0 amide bonds. The predicted molar refractivity (Wildman–Crippen MR) is 74.6 cm³/mol. The van der Waals surface area contributed by atoms with E-state index in [1.807, 2.05) is 6.07 Å². The van der Waals surface area contributed by atoms with Gasteiger partial charge in [0.25, 0.3) is 0 Å². The first-order chi connectivity index (χ1) is 8.56. The van der Waals surface area contributed by atoms with Crippen LogP contribution in [-0.4, -0.2) is 0 Å². The summed E-state index contributed by atoms with van der Waals surface area (Å²) in [5.74, 6) is -0.238. The summed E-state index contributed by atoms with van der Waals surface area (Å²) in [5.41, 5.74) is 4.54. The molecule has 2 aromatic rings. The molecule has 2 rings (SSSR count). The molecule has 0 spiro atoms. The lowest BCUT2D eigenvalue weighted by molar-refractivity contribution is 0.624. The Morgan fingerprint density at radius 3 is 2.50 bits per heavy atom. The van der Waals surface area contributed by atoms with Crippen LogP contribution in [0.25, 0.3) is 0 Å². The van der Waals surface area contributed by atoms with Crippen LogP contribution in [0.15, 0.2) is 42.5 Å². The van der Waals surface area contributed by atoms with Crippen LogP contribution >= 0.6 is 11.6 Å². The Morgan fingerprint density at radius 1 is 1.06 bits per heavy atom. The van der Waals surface area contributed by atoms with Gasteiger partial charge in [-0.05, 0) is 54.7 Å². The van der Waals surface area contributed by atoms with E-state index in [9.17, 15) is 4.39 Å². The van der Waals surface area contributed by atoms with Crippen molar-refractivity contribution in [3.63, 3.8) is 0 Å². The van der Waals surface area contributed by atoms with E-state index >= 15 is 0 Å². The van der Waals surface area contributed by atoms with Gasteiger partial charge in [0.15, 0.2) is 0 Å². The minimum absolute atomic E-state index is 0.192. The van der Waals surface area contributed by atoms with Gasteiger partial charge in [-0.1, -0.05) is 30.3 Å². The molecule has 0 aliphatic heterocycles. The third kappa shape index (κ3) is 3.11. The third-order valence-corrected chi connectivity index (χ3v) is 3.60. The first kappa shape index (κ1) is 13.1. The van der Waals surface area contributed by atoms with Crippen molar-refractivity contribution in [2.75, 3.05) is 0 Å². The molecule has 0 aliphatic carbocycles. The van der Waals surface area contributed by atoms with Crippen molar-refractivity contribution >= 4 is 11.6 Å². The smallest absolute Gasteiger partial charge is 0.123 e. The lowest BCUT2D eigenvalue weighted by Crippen LogP contribution is -1.97. The van der Waals surface area contributed by atoms with Crippen molar-refractivity contribution in [3.8, 4) is 0 Å². The molecule has 18 heavy (non-hydrogen) atoms. The molecule has 0 heterocycles. The molecule has 2 heteroatoms. The van der Waals surface area contributed by atoms with E-state index in [0.29, 0.717) is 6.42 Å². The molecular weight excluding hydrogens is 247 g/mol. The summed E-state index contributed by atoms with van der Waals surface area (Å²) >= 11 is 6.34. The Kier molecular flexibility index (Phi) is 4.03. The normalized spacial score (nSPS) is 12.4. The zero-order valence-corrected chi connectivity index (χ0v) is 11.3. The Morgan fingerprint density at radius 2 is 1.83 bits per heavy atom. The standard InChI is InChI=1S/C16H16ClF/c1-11-6-7-13(8-12(11)2)9-16(17)14-4-3-5-15(18)10-14/h3-8,10,16H,9H2,1-2H3. The Hall–Kier alpha value is -1.34. The molecule has 0 radical (unpaired) electrons. The van der Waals surface area contributed by atoms with Gasteiger partial charge in [-0.15, -0.1) is 11.6 Å². The fraction of sp³-hybridized carbons (Fsp3) is 0.250. The largest absolute Gasteiger partial charge is 0.207 e. The monoisotopic (exact) mass is 262 g/mol. The van der Waals surface area contributed by atoms with Crippen molar-refractivity contribution < 1.29 is 4.39 Å². The van der Waals surface area contributed by atoms with Gasteiger partial charge >= 0.3 is 0 Å². The van der Waals surface area contributed by atoms with Crippen LogP contribution in [0.4, 0.5) is 4.39 Å². The molecule has 0 saturated carbocycles. The van der Waals surface area contributed by atoms with Gasteiger partial charge in [-0.25, -0.2) is 4.39 Å². The maximum atomic E-state index is 13.1. The quantitative estimate of drug-likeness (QED) is 0.686. The molecule has 0 bridgehead atoms. The van der Waals surface area contributed by atoms with E-state index < -0.39 is 0 Å². The van der Waals surface area contributed by atoms with Gasteiger partial charge in [0.1, 0.15) is 5.82 Å². The second-order valence-corrected chi connectivity index (χ2v) is 5.17. The van der Waals surface area contributed by atoms with Gasteiger partial charge in [-0.3, -0.25) is 0 Å². The average Bonchev–Trinajstić information content (AvgIpc) is 2.34. The van der Waals surface area contributed by atoms with Crippen LogP contribution < -0.4 is 0 Å². The van der Waals surface area contributed by atoms with Crippen LogP contribution in [0.3, 0.4) is 0 Å². The minimum Gasteiger partial charge on any atom is -0.207 e. The summed E-state index contributed by atoms with van der Waals surface area (Å²) in [5, 5.41) is -0.192. The molecule has 1 atom stereocenters. The Bertz CT molecular complexity index is 549. The van der Waals surface area contributed by atoms with Gasteiger partial charge in [0.05, 0.1) is 5.38 Å². The minimum atomic E-state index is -0.238. The van der Waals surface area contributed by atoms with E-state index in [2.05, 4.69) is 32.0 Å². The molecule has 0 saturated heterocycles. The highest BCUT2D eigenvalue weighted by Crippen LogP contribution is 2.26. The highest BCUT2D eigenvalue weighted by Gasteiger charge is 2.10. The SMILES string of the molecule is Cc1ccc(CC(Cl)c2cccc(F)c2)cc1C. The number of aryl methyl sites for hydroxylation is 2. The molecule has 94 valence electrons. The van der Waals surface area contributed by atoms with Crippen LogP contribution in [-0.2, 0) is 6.42 Å². The van der Waals surface area contributed by atoms with Gasteiger partial charge in [-0.2, -0.15) is 0 Å². The van der Waals surface area contributed by atoms with Crippen molar-refractivity contribution in [3.05, 3.63) is 70.5 Å². The van der Waals surface area contributed by atoms with Gasteiger partial charge in [0, 0.05) is 0 Å². The van der Waals surface area contributed by atoms with Crippen LogP contribution in [0.2, 0.25) is 0 Å². The number of hydrogen-bond acceptors (Lipinski definition) is 0. The van der Waals surface area contributed by atoms with Crippen molar-refractivity contribution in [1.29, 1.82) is 0 Å². The van der Waals surface area contributed by atoms with Crippen molar-refractivity contribution in [2.45, 2.75) is 25.6 Å². The number of hydrogen-bond donors (Lipinski definition) is 0. The molecule has 2 aromatic carbocycles. The third-order valence-electron chi connectivity index (χ3n) is 3.20. The second kappa shape index (κ2) is 5.53. The molecular formula is C16H16ClF. The summed E-state index contributed by atoms with van der Waals surface area (Å²) in [6.07, 6.45) is 0.714. The topological polar surface area (TPSA) is 0 Å². The van der Waals surface area contributed by atoms with E-state index in [4.69, 9.17) is 11.6 Å². The summed E-state index contributed by atoms with van der Waals surface area (Å²) in [6.45, 7) is 4.17. The van der Waals surface area contributed by atoms with Crippen LogP contribution in [0, 0.1) is 19.7 Å². The Balaban J connectivity index is 2.16. The van der Waals surface area contributed by atoms with Crippen molar-refractivity contribution in [1.82, 2.24) is 0 Å². The van der Waals surface area contributed by atoms with Gasteiger partial charge < -0.3 is 0 Å². The van der Waals surface area contributed by atoms with Crippen molar-refractivity contribution in [2.24, 2.45) is 0 Å². The molecule has 0 aromatic heterocycles. The molecule has 0 nitrogen and oxygen atoms in total. The molecule has 0 aliphatic rings. The number of benzene rings is 2. The first-order valence-electron chi connectivity index (χ1n) is 6.02. The fourth-order valence-corrected chi connectivity index (χ4v) is 2.27. The molecule has 0 N–H and O–H groups in total. The molecule has 0 fully saturated rings. The van der Waals surface area contributed by atoms with E-state index in [0.717, 1.165) is 5.56 Å². The average molecular weight is 263 g/mol. The molecule has 1 unspecified atom stereocenters. The number of rotatable bonds is 3. The number of alkyl halides is 1. The lowest BCUT2D eigenvalue weighted by atomic mass is 10.00. The summed E-state index contributed by atoms with van der Waals surface area (Å²) in [6, 6.07) is 12.8. The Labute approximate surface area is 112 Å². The first-order valence-corrected chi connectivity index (χ1v) is 6.45.